The van der Waals surface area contributed by atoms with E-state index in [0.29, 0.717) is 0 Å². The van der Waals surface area contributed by atoms with Gasteiger partial charge in [0, 0.05) is 5.56 Å². The first-order valence-corrected chi connectivity index (χ1v) is 6.78. The van der Waals surface area contributed by atoms with Crippen LogP contribution < -0.4 is 9.47 Å². The van der Waals surface area contributed by atoms with Crippen molar-refractivity contribution in [2.24, 2.45) is 0 Å². The summed E-state index contributed by atoms with van der Waals surface area (Å²) in [6.07, 6.45) is 2.39. The Morgan fingerprint density at radius 2 is 1.79 bits per heavy atom. The topological polar surface area (TPSA) is 41.9 Å². The summed E-state index contributed by atoms with van der Waals surface area (Å²) < 4.78 is 10.9. The number of hydrogen-bond acceptors (Lipinski definition) is 4. The molecule has 0 spiro atoms. The molecule has 2 rings (SSSR count). The molecule has 1 aromatic carbocycles. The zero-order valence-corrected chi connectivity index (χ0v) is 12.0. The van der Waals surface area contributed by atoms with E-state index >= 15 is 0 Å². The molecular formula is C15H23NO3. The first kappa shape index (κ1) is 14.2. The van der Waals surface area contributed by atoms with Gasteiger partial charge < -0.3 is 14.6 Å². The zero-order chi connectivity index (χ0) is 13.8. The largest absolute Gasteiger partial charge is 0.496 e. The molecule has 106 valence electrons. The van der Waals surface area contributed by atoms with Gasteiger partial charge in [-0.05, 0) is 50.6 Å². The quantitative estimate of drug-likeness (QED) is 0.885. The molecular weight excluding hydrogens is 242 g/mol. The average molecular weight is 265 g/mol. The Labute approximate surface area is 114 Å². The molecule has 4 nitrogen and oxygen atoms in total. The highest BCUT2D eigenvalue weighted by Gasteiger charge is 2.26. The lowest BCUT2D eigenvalue weighted by molar-refractivity contribution is 0.144. The third-order valence-electron chi connectivity index (χ3n) is 3.86. The van der Waals surface area contributed by atoms with Crippen LogP contribution in [0.2, 0.25) is 0 Å². The molecule has 1 heterocycles. The number of aryl methyl sites for hydroxylation is 1. The van der Waals surface area contributed by atoms with Crippen molar-refractivity contribution in [2.75, 3.05) is 33.9 Å². The minimum absolute atomic E-state index is 0.00745. The van der Waals surface area contributed by atoms with Gasteiger partial charge in [0.05, 0.1) is 26.9 Å². The summed E-state index contributed by atoms with van der Waals surface area (Å²) in [5.41, 5.74) is 2.05. The van der Waals surface area contributed by atoms with Crippen LogP contribution >= 0.6 is 0 Å². The standard InChI is InChI=1S/C15H23NO3/c1-11-8-15(19-3)12(9-14(11)18-2)13(10-17)16-6-4-5-7-16/h8-9,13,17H,4-7,10H2,1-3H3. The first-order chi connectivity index (χ1) is 9.21. The van der Waals surface area contributed by atoms with Crippen molar-refractivity contribution in [1.29, 1.82) is 0 Å². The average Bonchev–Trinajstić information content (AvgIpc) is 2.94. The fourth-order valence-electron chi connectivity index (χ4n) is 2.80. The summed E-state index contributed by atoms with van der Waals surface area (Å²) >= 11 is 0. The van der Waals surface area contributed by atoms with Crippen molar-refractivity contribution < 1.29 is 14.6 Å². The van der Waals surface area contributed by atoms with Crippen LogP contribution in [0.5, 0.6) is 11.5 Å². The van der Waals surface area contributed by atoms with Crippen LogP contribution in [0, 0.1) is 6.92 Å². The predicted molar refractivity (Wildman–Crippen MR) is 74.9 cm³/mol. The molecule has 0 amide bonds. The number of aliphatic hydroxyl groups is 1. The van der Waals surface area contributed by atoms with Crippen LogP contribution in [0.15, 0.2) is 12.1 Å². The normalized spacial score (nSPS) is 17.5. The molecule has 0 bridgehead atoms. The Bertz CT molecular complexity index is 428. The number of ether oxygens (including phenoxy) is 2. The monoisotopic (exact) mass is 265 g/mol. The van der Waals surface area contributed by atoms with Gasteiger partial charge in [0.1, 0.15) is 11.5 Å². The molecule has 4 heteroatoms. The molecule has 0 aliphatic carbocycles. The van der Waals surface area contributed by atoms with Gasteiger partial charge in [-0.3, -0.25) is 4.90 Å². The lowest BCUT2D eigenvalue weighted by Crippen LogP contribution is -2.28. The van der Waals surface area contributed by atoms with Crippen molar-refractivity contribution in [1.82, 2.24) is 4.90 Å². The molecule has 1 atom stereocenters. The van der Waals surface area contributed by atoms with Crippen LogP contribution in [0.4, 0.5) is 0 Å². The maximum atomic E-state index is 9.75. The molecule has 0 radical (unpaired) electrons. The van der Waals surface area contributed by atoms with Crippen LogP contribution in [0.3, 0.4) is 0 Å². The molecule has 1 aliphatic heterocycles. The Morgan fingerprint density at radius 1 is 1.16 bits per heavy atom. The van der Waals surface area contributed by atoms with Gasteiger partial charge in [-0.25, -0.2) is 0 Å². The Kier molecular flexibility index (Phi) is 4.66. The second kappa shape index (κ2) is 6.26. The van der Waals surface area contributed by atoms with Gasteiger partial charge >= 0.3 is 0 Å². The zero-order valence-electron chi connectivity index (χ0n) is 12.0. The number of likely N-dealkylation sites (tertiary alicyclic amines) is 1. The molecule has 0 aromatic heterocycles. The van der Waals surface area contributed by atoms with E-state index in [4.69, 9.17) is 9.47 Å². The first-order valence-electron chi connectivity index (χ1n) is 6.78. The predicted octanol–water partition coefficient (Wildman–Crippen LogP) is 2.14. The molecule has 1 unspecified atom stereocenters. The van der Waals surface area contributed by atoms with E-state index in [-0.39, 0.29) is 12.6 Å². The lowest BCUT2D eigenvalue weighted by atomic mass is 10.0. The van der Waals surface area contributed by atoms with Crippen molar-refractivity contribution in [2.45, 2.75) is 25.8 Å². The molecule has 1 aromatic rings. The van der Waals surface area contributed by atoms with E-state index < -0.39 is 0 Å². The summed E-state index contributed by atoms with van der Waals surface area (Å²) in [5.74, 6) is 1.66. The lowest BCUT2D eigenvalue weighted by Gasteiger charge is -2.28. The molecule has 1 N–H and O–H groups in total. The van der Waals surface area contributed by atoms with E-state index in [1.807, 2.05) is 19.1 Å². The summed E-state index contributed by atoms with van der Waals surface area (Å²) in [5, 5.41) is 9.75. The summed E-state index contributed by atoms with van der Waals surface area (Å²) in [4.78, 5) is 2.31. The van der Waals surface area contributed by atoms with Crippen molar-refractivity contribution in [3.63, 3.8) is 0 Å². The summed E-state index contributed by atoms with van der Waals surface area (Å²) in [6, 6.07) is 3.97. The molecule has 1 fully saturated rings. The van der Waals surface area contributed by atoms with Gasteiger partial charge in [-0.2, -0.15) is 0 Å². The second-order valence-electron chi connectivity index (χ2n) is 5.01. The fraction of sp³-hybridized carbons (Fsp3) is 0.600. The third kappa shape index (κ3) is 2.85. The van der Waals surface area contributed by atoms with E-state index in [1.54, 1.807) is 14.2 Å². The van der Waals surface area contributed by atoms with Crippen molar-refractivity contribution in [3.05, 3.63) is 23.3 Å². The van der Waals surface area contributed by atoms with Gasteiger partial charge in [0.2, 0.25) is 0 Å². The number of benzene rings is 1. The summed E-state index contributed by atoms with van der Waals surface area (Å²) in [7, 11) is 3.34. The number of hydrogen-bond donors (Lipinski definition) is 1. The van der Waals surface area contributed by atoms with Gasteiger partial charge in [-0.1, -0.05) is 0 Å². The van der Waals surface area contributed by atoms with Crippen molar-refractivity contribution >= 4 is 0 Å². The van der Waals surface area contributed by atoms with Gasteiger partial charge in [0.25, 0.3) is 0 Å². The fourth-order valence-corrected chi connectivity index (χ4v) is 2.80. The van der Waals surface area contributed by atoms with Gasteiger partial charge in [0.15, 0.2) is 0 Å². The Morgan fingerprint density at radius 3 is 2.32 bits per heavy atom. The smallest absolute Gasteiger partial charge is 0.124 e. The van der Waals surface area contributed by atoms with E-state index in [1.165, 1.54) is 12.8 Å². The number of methoxy groups -OCH3 is 2. The van der Waals surface area contributed by atoms with Gasteiger partial charge in [-0.15, -0.1) is 0 Å². The van der Waals surface area contributed by atoms with Crippen LogP contribution in [-0.4, -0.2) is 43.9 Å². The van der Waals surface area contributed by atoms with Crippen LogP contribution in [0.1, 0.15) is 30.0 Å². The van der Waals surface area contributed by atoms with E-state index in [2.05, 4.69) is 4.90 Å². The second-order valence-corrected chi connectivity index (χ2v) is 5.01. The SMILES string of the molecule is COc1cc(C(CO)N2CCCC2)c(OC)cc1C. The third-order valence-corrected chi connectivity index (χ3v) is 3.86. The van der Waals surface area contributed by atoms with Crippen molar-refractivity contribution in [3.8, 4) is 11.5 Å². The highest BCUT2D eigenvalue weighted by molar-refractivity contribution is 5.47. The number of aliphatic hydroxyl groups excluding tert-OH is 1. The maximum absolute atomic E-state index is 9.75. The maximum Gasteiger partial charge on any atom is 0.124 e. The Hall–Kier alpha value is -1.26. The minimum Gasteiger partial charge on any atom is -0.496 e. The highest BCUT2D eigenvalue weighted by atomic mass is 16.5. The van der Waals surface area contributed by atoms with E-state index in [9.17, 15) is 5.11 Å². The minimum atomic E-state index is -0.00745. The van der Waals surface area contributed by atoms with E-state index in [0.717, 1.165) is 35.7 Å². The van der Waals surface area contributed by atoms with Crippen LogP contribution in [0.25, 0.3) is 0 Å². The highest BCUT2D eigenvalue weighted by Crippen LogP contribution is 2.36. The summed E-state index contributed by atoms with van der Waals surface area (Å²) in [6.45, 7) is 4.16. The molecule has 19 heavy (non-hydrogen) atoms. The molecule has 1 aliphatic rings. The molecule has 0 saturated carbocycles. The molecule has 1 saturated heterocycles. The number of rotatable bonds is 5. The Balaban J connectivity index is 2.39. The number of nitrogens with zero attached hydrogens (tertiary/aromatic N) is 1. The van der Waals surface area contributed by atoms with Crippen LogP contribution in [-0.2, 0) is 0 Å².